The molecule has 0 saturated carbocycles. The molecule has 5 heteroatoms. The first-order valence-electron chi connectivity index (χ1n) is 5.45. The summed E-state index contributed by atoms with van der Waals surface area (Å²) in [5.74, 6) is 1.19. The molecule has 2 N–H and O–H groups in total. The minimum absolute atomic E-state index is 0.503. The van der Waals surface area contributed by atoms with E-state index in [9.17, 15) is 0 Å². The second kappa shape index (κ2) is 3.81. The van der Waals surface area contributed by atoms with Gasteiger partial charge in [0.2, 0.25) is 5.89 Å². The van der Waals surface area contributed by atoms with Crippen LogP contribution in [0.3, 0.4) is 0 Å². The molecule has 15 heavy (non-hydrogen) atoms. The Kier molecular flexibility index (Phi) is 2.65. The molecule has 84 valence electrons. The molecule has 2 heterocycles. The van der Waals surface area contributed by atoms with Crippen LogP contribution in [0.2, 0.25) is 0 Å². The van der Waals surface area contributed by atoms with Crippen molar-refractivity contribution in [2.75, 3.05) is 18.0 Å². The van der Waals surface area contributed by atoms with Crippen LogP contribution in [0, 0.1) is 0 Å². The highest BCUT2D eigenvalue weighted by molar-refractivity contribution is 5.28. The topological polar surface area (TPSA) is 68.2 Å². The first-order chi connectivity index (χ1) is 7.07. The van der Waals surface area contributed by atoms with Crippen molar-refractivity contribution in [3.8, 4) is 0 Å². The van der Waals surface area contributed by atoms with Crippen LogP contribution in [0.15, 0.2) is 4.52 Å². The molecule has 0 amide bonds. The quantitative estimate of drug-likeness (QED) is 0.795. The van der Waals surface area contributed by atoms with Crippen LogP contribution >= 0.6 is 0 Å². The number of piperidine rings is 1. The van der Waals surface area contributed by atoms with Crippen LogP contribution in [0.25, 0.3) is 0 Å². The first kappa shape index (κ1) is 10.4. The zero-order chi connectivity index (χ0) is 10.9. The fourth-order valence-electron chi connectivity index (χ4n) is 1.70. The summed E-state index contributed by atoms with van der Waals surface area (Å²) in [6.07, 6.45) is 3.70. The number of aromatic nitrogens is 2. The molecule has 0 bridgehead atoms. The molecule has 1 saturated heterocycles. The monoisotopic (exact) mass is 210 g/mol. The van der Waals surface area contributed by atoms with E-state index in [1.807, 2.05) is 13.8 Å². The Labute approximate surface area is 89.6 Å². The van der Waals surface area contributed by atoms with Crippen molar-refractivity contribution in [1.29, 1.82) is 0 Å². The number of hydrogen-bond donors (Lipinski definition) is 1. The van der Waals surface area contributed by atoms with Gasteiger partial charge in [-0.2, -0.15) is 4.98 Å². The maximum atomic E-state index is 5.88. The zero-order valence-electron chi connectivity index (χ0n) is 9.36. The van der Waals surface area contributed by atoms with Gasteiger partial charge < -0.3 is 15.2 Å². The summed E-state index contributed by atoms with van der Waals surface area (Å²) in [5.41, 5.74) is 5.33. The Morgan fingerprint density at radius 2 is 1.93 bits per heavy atom. The lowest BCUT2D eigenvalue weighted by atomic mass is 10.1. The molecule has 1 aromatic heterocycles. The summed E-state index contributed by atoms with van der Waals surface area (Å²) >= 11 is 0. The molecule has 2 rings (SSSR count). The molecule has 0 unspecified atom stereocenters. The summed E-state index contributed by atoms with van der Waals surface area (Å²) < 4.78 is 5.15. The number of nitrogens with two attached hydrogens (primary N) is 1. The number of anilines is 1. The van der Waals surface area contributed by atoms with Gasteiger partial charge in [-0.15, -0.1) is 0 Å². The van der Waals surface area contributed by atoms with Crippen LogP contribution < -0.4 is 10.6 Å². The predicted octanol–water partition coefficient (Wildman–Crippen LogP) is 1.25. The molecular formula is C10H18N4O. The molecule has 1 fully saturated rings. The van der Waals surface area contributed by atoms with E-state index in [0.29, 0.717) is 11.8 Å². The van der Waals surface area contributed by atoms with E-state index >= 15 is 0 Å². The Morgan fingerprint density at radius 3 is 2.47 bits per heavy atom. The van der Waals surface area contributed by atoms with Gasteiger partial charge >= 0.3 is 0 Å². The number of rotatable bonds is 2. The molecule has 0 aromatic carbocycles. The Balaban J connectivity index is 2.12. The van der Waals surface area contributed by atoms with E-state index in [-0.39, 0.29) is 0 Å². The second-order valence-corrected chi connectivity index (χ2v) is 4.67. The van der Waals surface area contributed by atoms with Crippen LogP contribution in [-0.2, 0) is 5.54 Å². The Hall–Kier alpha value is -1.10. The van der Waals surface area contributed by atoms with Gasteiger partial charge in [0.25, 0.3) is 5.95 Å². The van der Waals surface area contributed by atoms with E-state index in [2.05, 4.69) is 15.0 Å². The van der Waals surface area contributed by atoms with Crippen molar-refractivity contribution in [3.05, 3.63) is 5.89 Å². The highest BCUT2D eigenvalue weighted by Crippen LogP contribution is 2.20. The smallest absolute Gasteiger partial charge is 0.266 e. The molecule has 5 nitrogen and oxygen atoms in total. The predicted molar refractivity (Wildman–Crippen MR) is 57.6 cm³/mol. The van der Waals surface area contributed by atoms with Gasteiger partial charge in [-0.3, -0.25) is 0 Å². The third-order valence-corrected chi connectivity index (χ3v) is 2.61. The average molecular weight is 210 g/mol. The number of nitrogens with zero attached hydrogens (tertiary/aromatic N) is 3. The molecule has 0 aliphatic carbocycles. The van der Waals surface area contributed by atoms with Crippen LogP contribution in [-0.4, -0.2) is 23.2 Å². The Bertz CT molecular complexity index is 322. The van der Waals surface area contributed by atoms with Gasteiger partial charge in [-0.05, 0) is 38.3 Å². The minimum Gasteiger partial charge on any atom is -0.338 e. The van der Waals surface area contributed by atoms with Gasteiger partial charge in [0.05, 0.1) is 5.54 Å². The average Bonchev–Trinajstić information content (AvgIpc) is 2.67. The highest BCUT2D eigenvalue weighted by atomic mass is 16.5. The molecule has 0 radical (unpaired) electrons. The van der Waals surface area contributed by atoms with Gasteiger partial charge in [-0.25, -0.2) is 0 Å². The molecule has 1 aliphatic rings. The molecule has 1 aromatic rings. The SMILES string of the molecule is CC(C)(N)c1nc(N2CCCCC2)no1. The van der Waals surface area contributed by atoms with Crippen molar-refractivity contribution in [2.45, 2.75) is 38.6 Å². The fourth-order valence-corrected chi connectivity index (χ4v) is 1.70. The standard InChI is InChI=1S/C10H18N4O/c1-10(2,11)8-12-9(13-15-8)14-6-4-3-5-7-14/h3-7,11H2,1-2H3. The maximum Gasteiger partial charge on any atom is 0.266 e. The first-order valence-corrected chi connectivity index (χ1v) is 5.45. The Morgan fingerprint density at radius 1 is 1.27 bits per heavy atom. The van der Waals surface area contributed by atoms with Gasteiger partial charge in [0.15, 0.2) is 0 Å². The molecule has 0 atom stereocenters. The van der Waals surface area contributed by atoms with Crippen molar-refractivity contribution in [3.63, 3.8) is 0 Å². The third kappa shape index (κ3) is 2.28. The fraction of sp³-hybridized carbons (Fsp3) is 0.800. The highest BCUT2D eigenvalue weighted by Gasteiger charge is 2.24. The van der Waals surface area contributed by atoms with E-state index in [4.69, 9.17) is 10.3 Å². The summed E-state index contributed by atoms with van der Waals surface area (Å²) in [6.45, 7) is 5.76. The van der Waals surface area contributed by atoms with Crippen molar-refractivity contribution < 1.29 is 4.52 Å². The van der Waals surface area contributed by atoms with Gasteiger partial charge in [-0.1, -0.05) is 0 Å². The molecular weight excluding hydrogens is 192 g/mol. The van der Waals surface area contributed by atoms with Crippen LogP contribution in [0.5, 0.6) is 0 Å². The van der Waals surface area contributed by atoms with E-state index in [1.54, 1.807) is 0 Å². The van der Waals surface area contributed by atoms with Gasteiger partial charge in [0, 0.05) is 13.1 Å². The maximum absolute atomic E-state index is 5.88. The summed E-state index contributed by atoms with van der Waals surface area (Å²) in [7, 11) is 0. The lowest BCUT2D eigenvalue weighted by molar-refractivity contribution is 0.311. The van der Waals surface area contributed by atoms with Crippen molar-refractivity contribution in [1.82, 2.24) is 10.1 Å². The van der Waals surface area contributed by atoms with Crippen molar-refractivity contribution >= 4 is 5.95 Å². The van der Waals surface area contributed by atoms with Crippen LogP contribution in [0.1, 0.15) is 39.0 Å². The third-order valence-electron chi connectivity index (χ3n) is 2.61. The minimum atomic E-state index is -0.555. The summed E-state index contributed by atoms with van der Waals surface area (Å²) in [5, 5.41) is 3.97. The van der Waals surface area contributed by atoms with Gasteiger partial charge in [0.1, 0.15) is 0 Å². The molecule has 0 spiro atoms. The van der Waals surface area contributed by atoms with E-state index in [0.717, 1.165) is 13.1 Å². The number of hydrogen-bond acceptors (Lipinski definition) is 5. The normalized spacial score (nSPS) is 18.2. The second-order valence-electron chi connectivity index (χ2n) is 4.67. The van der Waals surface area contributed by atoms with E-state index < -0.39 is 5.54 Å². The summed E-state index contributed by atoms with van der Waals surface area (Å²) in [6, 6.07) is 0. The largest absolute Gasteiger partial charge is 0.338 e. The lowest BCUT2D eigenvalue weighted by Crippen LogP contribution is -2.31. The van der Waals surface area contributed by atoms with Crippen molar-refractivity contribution in [2.24, 2.45) is 5.73 Å². The van der Waals surface area contributed by atoms with Crippen LogP contribution in [0.4, 0.5) is 5.95 Å². The lowest BCUT2D eigenvalue weighted by Gasteiger charge is -2.24. The van der Waals surface area contributed by atoms with E-state index in [1.165, 1.54) is 19.3 Å². The molecule has 1 aliphatic heterocycles. The zero-order valence-corrected chi connectivity index (χ0v) is 9.36. The summed E-state index contributed by atoms with van der Waals surface area (Å²) in [4.78, 5) is 6.48.